The average molecular weight is 462 g/mol. The van der Waals surface area contributed by atoms with E-state index in [1.54, 1.807) is 25.2 Å². The van der Waals surface area contributed by atoms with Gasteiger partial charge in [0.15, 0.2) is 0 Å². The van der Waals surface area contributed by atoms with E-state index in [9.17, 15) is 14.4 Å². The molecule has 31 heavy (non-hydrogen) atoms. The standard InChI is InChI=1S/C16H17ClN4O.C6H5ClFN/c1-10-4-3-7-21(9-10)15-11(8-18)16(22)20(2)12-5-6-13(17)19-14(12)15;7-4-1-2-6(9)5(8)3-4/h5-6,10H,3-4,7,9H2,1-2H3;1-3H,9H2. The van der Waals surface area contributed by atoms with Crippen molar-refractivity contribution >= 4 is 45.6 Å². The topological polar surface area (TPSA) is 87.9 Å². The first-order chi connectivity index (χ1) is 14.7. The molecule has 2 aromatic heterocycles. The molecule has 0 amide bonds. The number of fused-ring (bicyclic) bond motifs is 1. The first-order valence-corrected chi connectivity index (χ1v) is 10.5. The van der Waals surface area contributed by atoms with Crippen LogP contribution in [0, 0.1) is 23.1 Å². The van der Waals surface area contributed by atoms with Crippen LogP contribution >= 0.6 is 23.2 Å². The smallest absolute Gasteiger partial charge is 0.270 e. The van der Waals surface area contributed by atoms with Crippen molar-refractivity contribution in [1.82, 2.24) is 9.55 Å². The Labute approximate surface area is 189 Å². The van der Waals surface area contributed by atoms with Crippen LogP contribution in [0.4, 0.5) is 15.8 Å². The van der Waals surface area contributed by atoms with Gasteiger partial charge in [0.05, 0.1) is 16.9 Å². The Kier molecular flexibility index (Phi) is 7.04. The van der Waals surface area contributed by atoms with Crippen LogP contribution in [0.15, 0.2) is 35.1 Å². The monoisotopic (exact) mass is 461 g/mol. The zero-order chi connectivity index (χ0) is 22.7. The van der Waals surface area contributed by atoms with E-state index in [0.29, 0.717) is 32.8 Å². The SMILES string of the molecule is CC1CCCN(c2c(C#N)c(=O)n(C)c3ccc(Cl)nc23)C1.Nc1ccc(Cl)cc1F. The van der Waals surface area contributed by atoms with Crippen molar-refractivity contribution in [3.63, 3.8) is 0 Å². The summed E-state index contributed by atoms with van der Waals surface area (Å²) in [5, 5.41) is 10.2. The first kappa shape index (κ1) is 22.9. The molecule has 9 heteroatoms. The predicted octanol–water partition coefficient (Wildman–Crippen LogP) is 4.76. The molecule has 1 aromatic carbocycles. The number of nitriles is 1. The number of aryl methyl sites for hydroxylation is 1. The summed E-state index contributed by atoms with van der Waals surface area (Å²) in [6, 6.07) is 9.66. The summed E-state index contributed by atoms with van der Waals surface area (Å²) in [6.07, 6.45) is 2.21. The highest BCUT2D eigenvalue weighted by molar-refractivity contribution is 6.30. The van der Waals surface area contributed by atoms with Gasteiger partial charge in [-0.3, -0.25) is 4.79 Å². The minimum Gasteiger partial charge on any atom is -0.396 e. The maximum Gasteiger partial charge on any atom is 0.270 e. The number of halogens is 3. The van der Waals surface area contributed by atoms with E-state index < -0.39 is 5.82 Å². The molecule has 162 valence electrons. The highest BCUT2D eigenvalue weighted by atomic mass is 35.5. The van der Waals surface area contributed by atoms with Gasteiger partial charge in [-0.15, -0.1) is 0 Å². The molecular weight excluding hydrogens is 440 g/mol. The third kappa shape index (κ3) is 4.92. The lowest BCUT2D eigenvalue weighted by molar-refractivity contribution is 0.447. The molecule has 1 fully saturated rings. The maximum absolute atomic E-state index is 12.5. The number of rotatable bonds is 1. The van der Waals surface area contributed by atoms with Crippen molar-refractivity contribution in [1.29, 1.82) is 5.26 Å². The zero-order valence-electron chi connectivity index (χ0n) is 17.2. The third-order valence-electron chi connectivity index (χ3n) is 5.23. The number of pyridine rings is 2. The number of hydrogen-bond donors (Lipinski definition) is 1. The van der Waals surface area contributed by atoms with Crippen LogP contribution in [0.3, 0.4) is 0 Å². The number of aromatic nitrogens is 2. The summed E-state index contributed by atoms with van der Waals surface area (Å²) in [5.41, 5.74) is 7.10. The van der Waals surface area contributed by atoms with Crippen LogP contribution in [0.2, 0.25) is 10.2 Å². The summed E-state index contributed by atoms with van der Waals surface area (Å²) < 4.78 is 13.8. The molecule has 0 aliphatic carbocycles. The second-order valence-corrected chi connectivity index (χ2v) is 8.38. The second kappa shape index (κ2) is 9.54. The molecule has 6 nitrogen and oxygen atoms in total. The number of anilines is 2. The quantitative estimate of drug-likeness (QED) is 0.416. The lowest BCUT2D eigenvalue weighted by atomic mass is 9.98. The van der Waals surface area contributed by atoms with Gasteiger partial charge in [-0.1, -0.05) is 30.1 Å². The fourth-order valence-electron chi connectivity index (χ4n) is 3.67. The highest BCUT2D eigenvalue weighted by Gasteiger charge is 2.25. The van der Waals surface area contributed by atoms with E-state index in [1.165, 1.54) is 16.7 Å². The number of benzene rings is 1. The van der Waals surface area contributed by atoms with Gasteiger partial charge >= 0.3 is 0 Å². The number of nitrogens with two attached hydrogens (primary N) is 1. The van der Waals surface area contributed by atoms with Gasteiger partial charge in [0.25, 0.3) is 5.56 Å². The zero-order valence-corrected chi connectivity index (χ0v) is 18.7. The fourth-order valence-corrected chi connectivity index (χ4v) is 3.98. The van der Waals surface area contributed by atoms with E-state index in [2.05, 4.69) is 22.9 Å². The number of nitrogens with zero attached hydrogens (tertiary/aromatic N) is 4. The summed E-state index contributed by atoms with van der Waals surface area (Å²) in [5.74, 6) is 0.0566. The second-order valence-electron chi connectivity index (χ2n) is 7.56. The van der Waals surface area contributed by atoms with Gasteiger partial charge < -0.3 is 15.2 Å². The molecule has 1 aliphatic rings. The van der Waals surface area contributed by atoms with E-state index in [1.807, 2.05) is 0 Å². The van der Waals surface area contributed by atoms with Crippen LogP contribution in [0.25, 0.3) is 11.0 Å². The van der Waals surface area contributed by atoms with Crippen molar-refractivity contribution < 1.29 is 4.39 Å². The molecule has 2 N–H and O–H groups in total. The molecule has 1 aliphatic heterocycles. The summed E-state index contributed by atoms with van der Waals surface area (Å²) in [7, 11) is 1.66. The Morgan fingerprint density at radius 2 is 2.03 bits per heavy atom. The molecule has 3 aromatic rings. The van der Waals surface area contributed by atoms with Gasteiger partial charge in [0, 0.05) is 25.2 Å². The van der Waals surface area contributed by atoms with E-state index in [0.717, 1.165) is 25.9 Å². The van der Waals surface area contributed by atoms with Crippen LogP contribution < -0.4 is 16.2 Å². The van der Waals surface area contributed by atoms with Gasteiger partial charge in [-0.25, -0.2) is 9.37 Å². The Morgan fingerprint density at radius 1 is 1.29 bits per heavy atom. The molecule has 0 spiro atoms. The van der Waals surface area contributed by atoms with Crippen LogP contribution in [-0.2, 0) is 7.05 Å². The van der Waals surface area contributed by atoms with Gasteiger partial charge in [-0.2, -0.15) is 5.26 Å². The lowest BCUT2D eigenvalue weighted by Gasteiger charge is -2.33. The molecule has 3 heterocycles. The fraction of sp³-hybridized carbons (Fsp3) is 0.318. The third-order valence-corrected chi connectivity index (χ3v) is 5.67. The van der Waals surface area contributed by atoms with Crippen LogP contribution in [-0.4, -0.2) is 22.6 Å². The predicted molar refractivity (Wildman–Crippen MR) is 123 cm³/mol. The molecule has 1 atom stereocenters. The molecule has 0 bridgehead atoms. The maximum atomic E-state index is 12.5. The van der Waals surface area contributed by atoms with Crippen molar-refractivity contribution in [2.75, 3.05) is 23.7 Å². The molecule has 0 radical (unpaired) electrons. The van der Waals surface area contributed by atoms with Gasteiger partial charge in [0.1, 0.15) is 28.1 Å². The van der Waals surface area contributed by atoms with Gasteiger partial charge in [0.2, 0.25) is 0 Å². The van der Waals surface area contributed by atoms with E-state index >= 15 is 0 Å². The lowest BCUT2D eigenvalue weighted by Crippen LogP contribution is -2.37. The summed E-state index contributed by atoms with van der Waals surface area (Å²) in [4.78, 5) is 19.0. The minimum absolute atomic E-state index is 0.124. The Hall–Kier alpha value is -2.82. The largest absolute Gasteiger partial charge is 0.396 e. The van der Waals surface area contributed by atoms with Crippen molar-refractivity contribution in [3.05, 3.63) is 62.2 Å². The molecule has 1 unspecified atom stereocenters. The summed E-state index contributed by atoms with van der Waals surface area (Å²) >= 11 is 11.5. The number of piperidine rings is 1. The van der Waals surface area contributed by atoms with Crippen LogP contribution in [0.5, 0.6) is 0 Å². The number of hydrogen-bond acceptors (Lipinski definition) is 5. The van der Waals surface area contributed by atoms with Crippen LogP contribution in [0.1, 0.15) is 25.3 Å². The Balaban J connectivity index is 0.000000254. The Bertz CT molecular complexity index is 1220. The molecular formula is C22H22Cl2FN5O. The summed E-state index contributed by atoms with van der Waals surface area (Å²) in [6.45, 7) is 3.84. The van der Waals surface area contributed by atoms with E-state index in [4.69, 9.17) is 28.9 Å². The van der Waals surface area contributed by atoms with Crippen molar-refractivity contribution in [2.24, 2.45) is 13.0 Å². The van der Waals surface area contributed by atoms with Crippen molar-refractivity contribution in [2.45, 2.75) is 19.8 Å². The highest BCUT2D eigenvalue weighted by Crippen LogP contribution is 2.31. The molecule has 0 saturated carbocycles. The molecule has 4 rings (SSSR count). The van der Waals surface area contributed by atoms with E-state index in [-0.39, 0.29) is 16.8 Å². The molecule has 1 saturated heterocycles. The first-order valence-electron chi connectivity index (χ1n) is 9.77. The number of nitrogen functional groups attached to an aromatic ring is 1. The normalized spacial score (nSPS) is 15.9. The van der Waals surface area contributed by atoms with Gasteiger partial charge in [-0.05, 0) is 49.1 Å². The average Bonchev–Trinajstić information content (AvgIpc) is 2.73. The Morgan fingerprint density at radius 3 is 2.65 bits per heavy atom. The van der Waals surface area contributed by atoms with Crippen molar-refractivity contribution in [3.8, 4) is 6.07 Å². The minimum atomic E-state index is -0.470.